The van der Waals surface area contributed by atoms with Crippen LogP contribution in [-0.4, -0.2) is 30.3 Å². The molecule has 0 aliphatic carbocycles. The third kappa shape index (κ3) is 5.89. The Morgan fingerprint density at radius 2 is 1.76 bits per heavy atom. The van der Waals surface area contributed by atoms with Gasteiger partial charge in [0.05, 0.1) is 0 Å². The number of esters is 1. The average Bonchev–Trinajstić information content (AvgIpc) is 2.90. The molecule has 0 radical (unpaired) electrons. The molecule has 3 aromatic rings. The van der Waals surface area contributed by atoms with Crippen LogP contribution in [0.3, 0.4) is 0 Å². The first-order chi connectivity index (χ1) is 18.2. The summed E-state index contributed by atoms with van der Waals surface area (Å²) in [6.45, 7) is 3.85. The van der Waals surface area contributed by atoms with Gasteiger partial charge in [-0.3, -0.25) is 0 Å². The number of hydrogen-bond donors (Lipinski definition) is 2. The minimum absolute atomic E-state index is 0.0361. The van der Waals surface area contributed by atoms with Crippen LogP contribution < -0.4 is 5.14 Å². The number of pyridine rings is 1. The van der Waals surface area contributed by atoms with Crippen molar-refractivity contribution in [3.8, 4) is 11.1 Å². The molecule has 1 aliphatic heterocycles. The summed E-state index contributed by atoms with van der Waals surface area (Å²) in [5.74, 6) is -2.87. The van der Waals surface area contributed by atoms with Crippen LogP contribution in [0, 0.1) is 0 Å². The number of cyclic esters (lactones) is 1. The molecule has 2 aromatic carbocycles. The fourth-order valence-corrected chi connectivity index (χ4v) is 5.61. The lowest BCUT2D eigenvalue weighted by atomic mass is 9.87. The van der Waals surface area contributed by atoms with E-state index in [2.05, 4.69) is 4.98 Å². The van der Waals surface area contributed by atoms with E-state index in [1.807, 2.05) is 50.2 Å². The molecule has 38 heavy (non-hydrogen) atoms. The Labute approximate surface area is 223 Å². The fraction of sp³-hybridized carbons (Fsp3) is 0.310. The molecule has 0 saturated carbocycles. The first-order valence-corrected chi connectivity index (χ1v) is 14.2. The molecule has 0 spiro atoms. The zero-order valence-corrected chi connectivity index (χ0v) is 22.3. The van der Waals surface area contributed by atoms with Crippen LogP contribution in [-0.2, 0) is 30.7 Å². The molecule has 0 saturated heterocycles. The van der Waals surface area contributed by atoms with Gasteiger partial charge in [-0.05, 0) is 48.1 Å². The smallest absolute Gasteiger partial charge is 0.345 e. The van der Waals surface area contributed by atoms with Gasteiger partial charge in [0.25, 0.3) is 21.8 Å². The Kier molecular flexibility index (Phi) is 8.18. The first-order valence-electron chi connectivity index (χ1n) is 12.6. The van der Waals surface area contributed by atoms with Crippen LogP contribution in [0.4, 0.5) is 0 Å². The number of aromatic nitrogens is 1. The lowest BCUT2D eigenvalue weighted by molar-refractivity contribution is -0.244. The van der Waals surface area contributed by atoms with Gasteiger partial charge >= 0.3 is 5.97 Å². The molecule has 8 nitrogen and oxygen atoms in total. The number of carbonyl (C=O) groups is 1. The zero-order chi connectivity index (χ0) is 27.3. The van der Waals surface area contributed by atoms with Gasteiger partial charge in [-0.1, -0.05) is 68.4 Å². The van der Waals surface area contributed by atoms with E-state index < -0.39 is 33.6 Å². The van der Waals surface area contributed by atoms with E-state index in [0.29, 0.717) is 48.8 Å². The van der Waals surface area contributed by atoms with E-state index in [9.17, 15) is 18.3 Å². The maximum atomic E-state index is 13.4. The van der Waals surface area contributed by atoms with Crippen molar-refractivity contribution in [1.82, 2.24) is 4.98 Å². The highest BCUT2D eigenvalue weighted by molar-refractivity contribution is 7.89. The number of benzene rings is 2. The van der Waals surface area contributed by atoms with Crippen molar-refractivity contribution in [1.29, 1.82) is 0 Å². The molecule has 0 bridgehead atoms. The Hall–Kier alpha value is -3.69. The molecular formula is C29H32N2O6S. The fourth-order valence-electron chi connectivity index (χ4n) is 4.91. The van der Waals surface area contributed by atoms with Crippen molar-refractivity contribution in [2.45, 2.75) is 62.7 Å². The number of aliphatic hydroxyl groups is 1. The van der Waals surface area contributed by atoms with Crippen LogP contribution in [0.25, 0.3) is 11.1 Å². The molecule has 2 unspecified atom stereocenters. The third-order valence-electron chi connectivity index (χ3n) is 6.68. The molecule has 0 amide bonds. The number of ether oxygens (including phenoxy) is 2. The van der Waals surface area contributed by atoms with Gasteiger partial charge < -0.3 is 14.6 Å². The quantitative estimate of drug-likeness (QED) is 0.334. The number of aryl methyl sites for hydroxylation is 1. The van der Waals surface area contributed by atoms with Crippen molar-refractivity contribution < 1.29 is 27.8 Å². The lowest BCUT2D eigenvalue weighted by Gasteiger charge is -2.38. The molecule has 4 rings (SSSR count). The van der Waals surface area contributed by atoms with Gasteiger partial charge in [-0.25, -0.2) is 23.3 Å². The Morgan fingerprint density at radius 1 is 1.00 bits per heavy atom. The zero-order valence-electron chi connectivity index (χ0n) is 21.5. The van der Waals surface area contributed by atoms with Crippen molar-refractivity contribution in [3.63, 3.8) is 0 Å². The van der Waals surface area contributed by atoms with Crippen molar-refractivity contribution in [3.05, 3.63) is 95.6 Å². The second-order valence-corrected chi connectivity index (χ2v) is 10.8. The van der Waals surface area contributed by atoms with Crippen molar-refractivity contribution >= 4 is 16.0 Å². The predicted octanol–water partition coefficient (Wildman–Crippen LogP) is 5.36. The number of sulfonamides is 1. The molecule has 2 heterocycles. The normalized spacial score (nSPS) is 18.6. The summed E-state index contributed by atoms with van der Waals surface area (Å²) < 4.78 is 36.1. The summed E-state index contributed by atoms with van der Waals surface area (Å²) in [6.07, 6.45) is 3.97. The Morgan fingerprint density at radius 3 is 2.42 bits per heavy atom. The van der Waals surface area contributed by atoms with Gasteiger partial charge in [-0.15, -0.1) is 0 Å². The largest absolute Gasteiger partial charge is 0.480 e. The molecule has 3 N–H and O–H groups in total. The Balaban J connectivity index is 1.67. The lowest BCUT2D eigenvalue weighted by Crippen LogP contribution is -2.43. The van der Waals surface area contributed by atoms with Gasteiger partial charge in [0.2, 0.25) is 0 Å². The van der Waals surface area contributed by atoms with E-state index in [-0.39, 0.29) is 10.6 Å². The summed E-state index contributed by atoms with van der Waals surface area (Å²) in [6, 6.07) is 20.1. The van der Waals surface area contributed by atoms with E-state index in [4.69, 9.17) is 14.6 Å². The van der Waals surface area contributed by atoms with Gasteiger partial charge in [0.1, 0.15) is 5.57 Å². The highest BCUT2D eigenvalue weighted by Crippen LogP contribution is 2.41. The van der Waals surface area contributed by atoms with Gasteiger partial charge in [-0.2, -0.15) is 0 Å². The summed E-state index contributed by atoms with van der Waals surface area (Å²) >= 11 is 0. The second kappa shape index (κ2) is 11.4. The molecule has 0 fully saturated rings. The Bertz CT molecular complexity index is 1440. The van der Waals surface area contributed by atoms with Crippen LogP contribution in [0.5, 0.6) is 0 Å². The monoisotopic (exact) mass is 536 g/mol. The van der Waals surface area contributed by atoms with Crippen molar-refractivity contribution in [2.75, 3.05) is 0 Å². The molecule has 1 aliphatic rings. The molecule has 9 heteroatoms. The highest BCUT2D eigenvalue weighted by Gasteiger charge is 2.45. The number of rotatable bonds is 10. The highest BCUT2D eigenvalue weighted by atomic mass is 32.2. The maximum absolute atomic E-state index is 13.4. The van der Waals surface area contributed by atoms with Crippen LogP contribution in [0.15, 0.2) is 89.5 Å². The maximum Gasteiger partial charge on any atom is 0.345 e. The summed E-state index contributed by atoms with van der Waals surface area (Å²) in [5, 5.41) is 16.2. The number of nitrogens with two attached hydrogens (primary N) is 1. The van der Waals surface area contributed by atoms with Gasteiger partial charge in [0, 0.05) is 30.5 Å². The van der Waals surface area contributed by atoms with Crippen LogP contribution >= 0.6 is 0 Å². The first kappa shape index (κ1) is 27.3. The number of aliphatic hydroxyl groups excluding tert-OH is 1. The number of carbonyl (C=O) groups excluding carboxylic acids is 1. The van der Waals surface area contributed by atoms with E-state index in [1.54, 1.807) is 30.3 Å². The molecule has 2 atom stereocenters. The summed E-state index contributed by atoms with van der Waals surface area (Å²) in [7, 11) is -4.06. The predicted molar refractivity (Wildman–Crippen MR) is 143 cm³/mol. The van der Waals surface area contributed by atoms with E-state index >= 15 is 0 Å². The van der Waals surface area contributed by atoms with Gasteiger partial charge in [0.15, 0.2) is 5.03 Å². The standard InChI is InChI=1S/C29H32N2O6S/c1-3-16-29(17-15-20-10-6-5-7-11-20)36-27(32)25(28(33)37-29)23(4-2)21-12-8-13-22(19-21)24-14-9-18-31-26(24)38(30,34)35/h5-14,18-19,23,32H,3-4,15-17H2,1-2H3,(H2,30,34,35). The summed E-state index contributed by atoms with van der Waals surface area (Å²) in [5.41, 5.74) is 2.70. The topological polar surface area (TPSA) is 129 Å². The van der Waals surface area contributed by atoms with E-state index in [1.165, 1.54) is 6.20 Å². The van der Waals surface area contributed by atoms with Crippen LogP contribution in [0.1, 0.15) is 56.6 Å². The molecule has 200 valence electrons. The summed E-state index contributed by atoms with van der Waals surface area (Å²) in [4.78, 5) is 17.3. The SMILES string of the molecule is CCCC1(CCc2ccccc2)OC(=O)C(C(CC)c2cccc(-c3cccnc3S(N)(=O)=O)c2)=C(O)O1. The number of primary sulfonamides is 1. The number of hydrogen-bond acceptors (Lipinski definition) is 7. The van der Waals surface area contributed by atoms with Crippen LogP contribution in [0.2, 0.25) is 0 Å². The molecular weight excluding hydrogens is 504 g/mol. The molecule has 1 aromatic heterocycles. The minimum Gasteiger partial charge on any atom is -0.480 e. The van der Waals surface area contributed by atoms with E-state index in [0.717, 1.165) is 5.56 Å². The number of nitrogens with zero attached hydrogens (tertiary/aromatic N) is 1. The minimum atomic E-state index is -4.06. The third-order valence-corrected chi connectivity index (χ3v) is 7.54. The van der Waals surface area contributed by atoms with Crippen molar-refractivity contribution in [2.24, 2.45) is 5.14 Å². The average molecular weight is 537 g/mol. The second-order valence-electron chi connectivity index (χ2n) is 9.34.